The number of anilines is 3. The Hall–Kier alpha value is -4.59. The predicted molar refractivity (Wildman–Crippen MR) is 135 cm³/mol. The molecule has 3 N–H and O–H groups in total. The van der Waals surface area contributed by atoms with Crippen molar-refractivity contribution in [3.63, 3.8) is 0 Å². The molecule has 0 heterocycles. The number of benzene rings is 3. The van der Waals surface area contributed by atoms with Crippen molar-refractivity contribution in [2.24, 2.45) is 0 Å². The maximum absolute atomic E-state index is 13.0. The van der Waals surface area contributed by atoms with Gasteiger partial charge < -0.3 is 16.0 Å². The Morgan fingerprint density at radius 1 is 0.514 bits per heavy atom. The smallest absolute Gasteiger partial charge is 0.255 e. The maximum Gasteiger partial charge on any atom is 0.255 e. The first-order valence-corrected chi connectivity index (χ1v) is 10.8. The molecule has 0 aliphatic rings. The quantitative estimate of drug-likeness (QED) is 0.404. The van der Waals surface area contributed by atoms with Gasteiger partial charge in [0.1, 0.15) is 0 Å². The molecule has 0 saturated carbocycles. The van der Waals surface area contributed by atoms with Gasteiger partial charge in [-0.15, -0.1) is 0 Å². The zero-order chi connectivity index (χ0) is 25.7. The molecule has 0 aliphatic heterocycles. The fourth-order valence-corrected chi connectivity index (χ4v) is 3.36. The molecular weight excluding hydrogens is 446 g/mol. The van der Waals surface area contributed by atoms with Crippen molar-refractivity contribution in [2.75, 3.05) is 23.0 Å². The van der Waals surface area contributed by atoms with Crippen molar-refractivity contribution in [1.82, 2.24) is 0 Å². The van der Waals surface area contributed by atoms with Gasteiger partial charge in [0.2, 0.25) is 0 Å². The third kappa shape index (κ3) is 6.26. The van der Waals surface area contributed by atoms with Crippen LogP contribution in [0.4, 0.5) is 17.1 Å². The van der Waals surface area contributed by atoms with Gasteiger partial charge in [-0.3, -0.25) is 24.0 Å². The highest BCUT2D eigenvalue weighted by atomic mass is 16.2. The fourth-order valence-electron chi connectivity index (χ4n) is 3.36. The molecule has 0 aromatic heterocycles. The summed E-state index contributed by atoms with van der Waals surface area (Å²) in [6, 6.07) is 15.6. The summed E-state index contributed by atoms with van der Waals surface area (Å²) in [7, 11) is 1.76. The van der Waals surface area contributed by atoms with Crippen LogP contribution in [0.2, 0.25) is 0 Å². The highest BCUT2D eigenvalue weighted by Gasteiger charge is 2.17. The molecule has 8 nitrogen and oxygen atoms in total. The average Bonchev–Trinajstić information content (AvgIpc) is 2.83. The second kappa shape index (κ2) is 10.6. The molecule has 0 spiro atoms. The highest BCUT2D eigenvalue weighted by molar-refractivity contribution is 6.12. The first-order valence-electron chi connectivity index (χ1n) is 10.8. The lowest BCUT2D eigenvalue weighted by Crippen LogP contribution is -2.17. The van der Waals surface area contributed by atoms with Crippen LogP contribution in [0.5, 0.6) is 0 Å². The van der Waals surface area contributed by atoms with Crippen LogP contribution in [0.3, 0.4) is 0 Å². The van der Waals surface area contributed by atoms with Crippen molar-refractivity contribution < 1.29 is 24.0 Å². The van der Waals surface area contributed by atoms with Crippen LogP contribution in [0.15, 0.2) is 60.7 Å². The van der Waals surface area contributed by atoms with E-state index in [0.29, 0.717) is 5.69 Å². The van der Waals surface area contributed by atoms with Crippen LogP contribution in [-0.2, 0) is 0 Å². The Balaban J connectivity index is 1.94. The average molecular weight is 472 g/mol. The molecular formula is C27H25N3O5. The Morgan fingerprint density at radius 2 is 0.914 bits per heavy atom. The Kier molecular flexibility index (Phi) is 7.56. The van der Waals surface area contributed by atoms with Crippen LogP contribution in [0, 0.1) is 0 Å². The number of Topliss-reactive ketones (excluding diaryl/α,β-unsaturated/α-hetero) is 3. The van der Waals surface area contributed by atoms with Crippen molar-refractivity contribution in [2.45, 2.75) is 20.8 Å². The molecule has 0 atom stereocenters. The zero-order valence-corrected chi connectivity index (χ0v) is 19.8. The van der Waals surface area contributed by atoms with E-state index in [-0.39, 0.29) is 50.9 Å². The molecule has 3 aromatic rings. The number of carbonyl (C=O) groups excluding carboxylic acids is 5. The van der Waals surface area contributed by atoms with Gasteiger partial charge in [-0.2, -0.15) is 0 Å². The van der Waals surface area contributed by atoms with E-state index in [1.807, 2.05) is 6.07 Å². The number of hydrogen-bond donors (Lipinski definition) is 3. The van der Waals surface area contributed by atoms with E-state index >= 15 is 0 Å². The number of nitrogens with one attached hydrogen (secondary N) is 3. The van der Waals surface area contributed by atoms with Gasteiger partial charge in [0.05, 0.1) is 0 Å². The zero-order valence-electron chi connectivity index (χ0n) is 19.8. The molecule has 3 rings (SSSR count). The maximum atomic E-state index is 13.0. The van der Waals surface area contributed by atoms with Gasteiger partial charge in [0.25, 0.3) is 11.8 Å². The molecule has 0 saturated heterocycles. The van der Waals surface area contributed by atoms with E-state index in [2.05, 4.69) is 16.0 Å². The van der Waals surface area contributed by atoms with Crippen LogP contribution < -0.4 is 16.0 Å². The second-order valence-electron chi connectivity index (χ2n) is 8.01. The van der Waals surface area contributed by atoms with E-state index in [0.717, 1.165) is 5.69 Å². The number of hydrogen-bond acceptors (Lipinski definition) is 6. The summed E-state index contributed by atoms with van der Waals surface area (Å²) in [5, 5.41) is 8.39. The summed E-state index contributed by atoms with van der Waals surface area (Å²) < 4.78 is 0. The minimum atomic E-state index is -0.602. The lowest BCUT2D eigenvalue weighted by atomic mass is 10.0. The van der Waals surface area contributed by atoms with Crippen molar-refractivity contribution in [3.8, 4) is 0 Å². The Bertz CT molecular complexity index is 1330. The van der Waals surface area contributed by atoms with E-state index in [1.54, 1.807) is 25.2 Å². The SMILES string of the molecule is CNc1cccc(NC(=O)c2cc(C(C)=O)cc(C(=O)Nc3cc(C(C)=O)cc(C(C)=O)c3)c2)c1. The third-order valence-corrected chi connectivity index (χ3v) is 5.28. The van der Waals surface area contributed by atoms with E-state index in [9.17, 15) is 24.0 Å². The molecule has 0 bridgehead atoms. The minimum Gasteiger partial charge on any atom is -0.388 e. The van der Waals surface area contributed by atoms with Crippen molar-refractivity contribution >= 4 is 46.2 Å². The summed E-state index contributed by atoms with van der Waals surface area (Å²) in [6.07, 6.45) is 0. The lowest BCUT2D eigenvalue weighted by molar-refractivity contribution is 0.0995. The normalized spacial score (nSPS) is 10.3. The summed E-state index contributed by atoms with van der Waals surface area (Å²) >= 11 is 0. The topological polar surface area (TPSA) is 121 Å². The Morgan fingerprint density at radius 3 is 1.40 bits per heavy atom. The molecule has 0 fully saturated rings. The van der Waals surface area contributed by atoms with E-state index in [1.165, 1.54) is 57.2 Å². The summed E-state index contributed by atoms with van der Waals surface area (Å²) in [5.74, 6) is -1.93. The number of rotatable bonds is 8. The molecule has 2 amide bonds. The molecule has 0 aliphatic carbocycles. The van der Waals surface area contributed by atoms with Gasteiger partial charge >= 0.3 is 0 Å². The Labute approximate surface area is 202 Å². The van der Waals surface area contributed by atoms with Crippen LogP contribution in [0.1, 0.15) is 72.6 Å². The van der Waals surface area contributed by atoms with Crippen LogP contribution >= 0.6 is 0 Å². The fraction of sp³-hybridized carbons (Fsp3) is 0.148. The second-order valence-corrected chi connectivity index (χ2v) is 8.01. The highest BCUT2D eigenvalue weighted by Crippen LogP contribution is 2.20. The summed E-state index contributed by atoms with van der Waals surface area (Å²) in [6.45, 7) is 4.06. The monoisotopic (exact) mass is 471 g/mol. The van der Waals surface area contributed by atoms with E-state index < -0.39 is 11.8 Å². The summed E-state index contributed by atoms with van der Waals surface area (Å²) in [5.41, 5.74) is 2.52. The minimum absolute atomic E-state index is 0.0735. The summed E-state index contributed by atoms with van der Waals surface area (Å²) in [4.78, 5) is 61.7. The molecule has 0 radical (unpaired) electrons. The molecule has 8 heteroatoms. The first-order chi connectivity index (χ1) is 16.6. The van der Waals surface area contributed by atoms with Gasteiger partial charge in [-0.1, -0.05) is 6.07 Å². The van der Waals surface area contributed by atoms with Gasteiger partial charge in [-0.05, 0) is 75.4 Å². The van der Waals surface area contributed by atoms with Crippen molar-refractivity contribution in [1.29, 1.82) is 0 Å². The molecule has 178 valence electrons. The first kappa shape index (κ1) is 25.0. The van der Waals surface area contributed by atoms with E-state index in [4.69, 9.17) is 0 Å². The van der Waals surface area contributed by atoms with Crippen LogP contribution in [-0.4, -0.2) is 36.2 Å². The van der Waals surface area contributed by atoms with Gasteiger partial charge in [0.15, 0.2) is 17.3 Å². The van der Waals surface area contributed by atoms with Crippen LogP contribution in [0.25, 0.3) is 0 Å². The lowest BCUT2D eigenvalue weighted by Gasteiger charge is -2.12. The van der Waals surface area contributed by atoms with Gasteiger partial charge in [-0.25, -0.2) is 0 Å². The number of amides is 2. The standard InChI is InChI=1S/C27H25N3O5/c1-15(31)18-9-21(26(34)29-24-7-5-6-23(14-24)28-4)11-22(10-18)27(35)30-25-12-19(16(2)32)8-20(13-25)17(3)33/h5-14,28H,1-4H3,(H,29,34)(H,30,35). The molecule has 35 heavy (non-hydrogen) atoms. The molecule has 3 aromatic carbocycles. The third-order valence-electron chi connectivity index (χ3n) is 5.28. The number of carbonyl (C=O) groups is 5. The predicted octanol–water partition coefficient (Wildman–Crippen LogP) is 4.84. The van der Waals surface area contributed by atoms with Gasteiger partial charge in [0, 0.05) is 51.9 Å². The number of ketones is 3. The largest absolute Gasteiger partial charge is 0.388 e. The van der Waals surface area contributed by atoms with Crippen molar-refractivity contribution in [3.05, 3.63) is 88.5 Å². The molecule has 0 unspecified atom stereocenters.